The van der Waals surface area contributed by atoms with Crippen molar-refractivity contribution in [2.75, 3.05) is 7.11 Å². The summed E-state index contributed by atoms with van der Waals surface area (Å²) in [4.78, 5) is 0. The normalized spacial score (nSPS) is 11.4. The number of rotatable bonds is 2. The van der Waals surface area contributed by atoms with E-state index in [9.17, 15) is 0 Å². The van der Waals surface area contributed by atoms with Gasteiger partial charge in [0.1, 0.15) is 5.75 Å². The van der Waals surface area contributed by atoms with Gasteiger partial charge in [-0.25, -0.2) is 0 Å². The summed E-state index contributed by atoms with van der Waals surface area (Å²) in [5.74, 6) is 0.776. The lowest BCUT2D eigenvalue weighted by Gasteiger charge is -2.16. The van der Waals surface area contributed by atoms with Crippen LogP contribution in [0.2, 0.25) is 5.02 Å². The Bertz CT molecular complexity index is 1370. The van der Waals surface area contributed by atoms with Crippen molar-refractivity contribution in [3.8, 4) is 16.9 Å². The van der Waals surface area contributed by atoms with Gasteiger partial charge in [-0.2, -0.15) is 0 Å². The minimum atomic E-state index is 0.667. The molecule has 0 amide bonds. The Labute approximate surface area is 176 Å². The van der Waals surface area contributed by atoms with E-state index >= 15 is 0 Å². The number of fused-ring (bicyclic) bond motifs is 5. The van der Waals surface area contributed by atoms with E-state index in [0.717, 1.165) is 21.3 Å². The Balaban J connectivity index is 2.00. The number of methoxy groups -OCH3 is 1. The smallest absolute Gasteiger partial charge is 0.128 e. The van der Waals surface area contributed by atoms with Crippen LogP contribution in [0.25, 0.3) is 43.4 Å². The maximum Gasteiger partial charge on any atom is 0.128 e. The third kappa shape index (κ3) is 2.68. The van der Waals surface area contributed by atoms with Crippen LogP contribution < -0.4 is 4.74 Å². The van der Waals surface area contributed by atoms with Crippen molar-refractivity contribution in [2.45, 2.75) is 0 Å². The predicted octanol–water partition coefficient (Wildman–Crippen LogP) is 8.24. The van der Waals surface area contributed by atoms with Crippen molar-refractivity contribution in [3.05, 3.63) is 88.4 Å². The van der Waals surface area contributed by atoms with Crippen LogP contribution in [0.15, 0.2) is 83.3 Å². The monoisotopic (exact) mass is 446 g/mol. The summed E-state index contributed by atoms with van der Waals surface area (Å²) in [7, 11) is 1.69. The maximum absolute atomic E-state index is 6.21. The van der Waals surface area contributed by atoms with Gasteiger partial charge in [-0.15, -0.1) is 0 Å². The first kappa shape index (κ1) is 17.5. The van der Waals surface area contributed by atoms with Crippen LogP contribution >= 0.6 is 27.5 Å². The molecule has 0 unspecified atom stereocenters. The van der Waals surface area contributed by atoms with Crippen LogP contribution in [0.1, 0.15) is 0 Å². The average molecular weight is 448 g/mol. The first-order chi connectivity index (χ1) is 13.7. The largest absolute Gasteiger partial charge is 0.496 e. The zero-order valence-corrected chi connectivity index (χ0v) is 17.5. The third-order valence-corrected chi connectivity index (χ3v) is 6.18. The molecule has 0 saturated carbocycles. The quantitative estimate of drug-likeness (QED) is 0.248. The lowest BCUT2D eigenvalue weighted by molar-refractivity contribution is 0.416. The van der Waals surface area contributed by atoms with E-state index in [1.165, 1.54) is 32.3 Å². The summed E-state index contributed by atoms with van der Waals surface area (Å²) in [6.45, 7) is 0. The van der Waals surface area contributed by atoms with Crippen molar-refractivity contribution < 1.29 is 4.74 Å². The molecule has 0 heterocycles. The molecule has 5 aromatic carbocycles. The molecule has 0 bridgehead atoms. The minimum absolute atomic E-state index is 0.667. The molecule has 136 valence electrons. The van der Waals surface area contributed by atoms with Crippen molar-refractivity contribution in [1.82, 2.24) is 0 Å². The third-order valence-electron chi connectivity index (χ3n) is 5.29. The summed E-state index contributed by atoms with van der Waals surface area (Å²) < 4.78 is 6.77. The highest BCUT2D eigenvalue weighted by molar-refractivity contribution is 9.10. The Morgan fingerprint density at radius 1 is 0.643 bits per heavy atom. The molecule has 0 aliphatic rings. The van der Waals surface area contributed by atoms with Gasteiger partial charge in [0.15, 0.2) is 0 Å². The van der Waals surface area contributed by atoms with Gasteiger partial charge >= 0.3 is 0 Å². The zero-order valence-electron chi connectivity index (χ0n) is 15.2. The number of hydrogen-bond donors (Lipinski definition) is 0. The molecule has 28 heavy (non-hydrogen) atoms. The molecule has 0 saturated heterocycles. The second-order valence-electron chi connectivity index (χ2n) is 6.81. The number of benzene rings is 5. The second kappa shape index (κ2) is 6.80. The molecule has 0 aliphatic heterocycles. The van der Waals surface area contributed by atoms with Gasteiger partial charge in [0, 0.05) is 15.1 Å². The van der Waals surface area contributed by atoms with Gasteiger partial charge in [0.2, 0.25) is 0 Å². The van der Waals surface area contributed by atoms with Gasteiger partial charge in [0.25, 0.3) is 0 Å². The van der Waals surface area contributed by atoms with Crippen LogP contribution in [0.4, 0.5) is 0 Å². The summed E-state index contributed by atoms with van der Waals surface area (Å²) in [5.41, 5.74) is 2.18. The Kier molecular flexibility index (Phi) is 4.26. The van der Waals surface area contributed by atoms with E-state index in [1.807, 2.05) is 18.2 Å². The number of ether oxygens (including phenoxy) is 1. The molecule has 0 radical (unpaired) electrons. The molecule has 3 heteroatoms. The molecule has 1 nitrogen and oxygen atoms in total. The number of halogens is 2. The molecule has 5 aromatic rings. The topological polar surface area (TPSA) is 9.23 Å². The van der Waals surface area contributed by atoms with Gasteiger partial charge in [0.05, 0.1) is 7.11 Å². The first-order valence-corrected chi connectivity index (χ1v) is 10.2. The van der Waals surface area contributed by atoms with E-state index in [0.29, 0.717) is 5.02 Å². The van der Waals surface area contributed by atoms with Crippen molar-refractivity contribution in [1.29, 1.82) is 0 Å². The Hall–Kier alpha value is -2.55. The van der Waals surface area contributed by atoms with E-state index < -0.39 is 0 Å². The maximum atomic E-state index is 6.21. The summed E-state index contributed by atoms with van der Waals surface area (Å²) in [5, 5.41) is 7.98. The molecule has 0 fully saturated rings. The fraction of sp³-hybridized carbons (Fsp3) is 0.0400. The summed E-state index contributed by atoms with van der Waals surface area (Å²) in [6, 6.07) is 27.3. The Morgan fingerprint density at radius 3 is 1.96 bits per heavy atom. The fourth-order valence-electron chi connectivity index (χ4n) is 4.02. The highest BCUT2D eigenvalue weighted by atomic mass is 79.9. The zero-order chi connectivity index (χ0) is 19.3. The highest BCUT2D eigenvalue weighted by Gasteiger charge is 2.15. The molecule has 0 spiro atoms. The second-order valence-corrected chi connectivity index (χ2v) is 8.10. The standard InChI is InChI=1S/C25H16BrClO/c1-28-25-12-15(27)10-11-20(25)21-13-22-18-8-4-5-9-19(18)24(26)14-23(22)17-7-3-2-6-16(17)21/h2-14H,1H3. The average Bonchev–Trinajstić information content (AvgIpc) is 2.74. The molecule has 0 aromatic heterocycles. The molecular formula is C25H16BrClO. The minimum Gasteiger partial charge on any atom is -0.496 e. The van der Waals surface area contributed by atoms with Gasteiger partial charge < -0.3 is 4.74 Å². The Morgan fingerprint density at radius 2 is 1.25 bits per heavy atom. The molecule has 0 N–H and O–H groups in total. The first-order valence-electron chi connectivity index (χ1n) is 9.04. The molecular weight excluding hydrogens is 432 g/mol. The van der Waals surface area contributed by atoms with E-state index in [-0.39, 0.29) is 0 Å². The SMILES string of the molecule is COc1cc(Cl)ccc1-c1cc2c3ccccc3c(Br)cc2c2ccccc12. The lowest BCUT2D eigenvalue weighted by atomic mass is 9.90. The highest BCUT2D eigenvalue weighted by Crippen LogP contribution is 2.42. The lowest BCUT2D eigenvalue weighted by Crippen LogP contribution is -1.91. The van der Waals surface area contributed by atoms with Crippen LogP contribution in [0.5, 0.6) is 5.75 Å². The molecule has 5 rings (SSSR count). The number of hydrogen-bond acceptors (Lipinski definition) is 1. The summed E-state index contributed by atoms with van der Waals surface area (Å²) in [6.07, 6.45) is 0. The summed E-state index contributed by atoms with van der Waals surface area (Å²) >= 11 is 9.97. The molecule has 0 atom stereocenters. The van der Waals surface area contributed by atoms with Crippen molar-refractivity contribution in [2.24, 2.45) is 0 Å². The van der Waals surface area contributed by atoms with E-state index in [1.54, 1.807) is 7.11 Å². The fourth-order valence-corrected chi connectivity index (χ4v) is 4.75. The van der Waals surface area contributed by atoms with Crippen LogP contribution in [0, 0.1) is 0 Å². The van der Waals surface area contributed by atoms with E-state index in [2.05, 4.69) is 76.6 Å². The van der Waals surface area contributed by atoms with Crippen LogP contribution in [0.3, 0.4) is 0 Å². The van der Waals surface area contributed by atoms with Crippen LogP contribution in [-0.4, -0.2) is 7.11 Å². The molecule has 0 aliphatic carbocycles. The predicted molar refractivity (Wildman–Crippen MR) is 124 cm³/mol. The van der Waals surface area contributed by atoms with Gasteiger partial charge in [-0.05, 0) is 68.2 Å². The van der Waals surface area contributed by atoms with Crippen molar-refractivity contribution in [3.63, 3.8) is 0 Å². The van der Waals surface area contributed by atoms with Crippen LogP contribution in [-0.2, 0) is 0 Å². The van der Waals surface area contributed by atoms with Gasteiger partial charge in [-0.1, -0.05) is 76.1 Å². The van der Waals surface area contributed by atoms with E-state index in [4.69, 9.17) is 16.3 Å². The van der Waals surface area contributed by atoms with Crippen molar-refractivity contribution >= 4 is 59.8 Å². The van der Waals surface area contributed by atoms with Gasteiger partial charge in [-0.3, -0.25) is 0 Å².